The fraction of sp³-hybridized carbons (Fsp3) is 0.571. The van der Waals surface area contributed by atoms with Crippen LogP contribution in [0.4, 0.5) is 5.69 Å². The van der Waals surface area contributed by atoms with Crippen LogP contribution >= 0.6 is 0 Å². The molecule has 88 valence electrons. The van der Waals surface area contributed by atoms with Crippen LogP contribution in [0.2, 0.25) is 0 Å². The van der Waals surface area contributed by atoms with Crippen LogP contribution < -0.4 is 5.32 Å². The second-order valence-corrected chi connectivity index (χ2v) is 4.84. The Kier molecular flexibility index (Phi) is 3.49. The molecule has 0 saturated heterocycles. The van der Waals surface area contributed by atoms with Crippen LogP contribution in [0.5, 0.6) is 0 Å². The smallest absolute Gasteiger partial charge is 0.0819 e. The predicted molar refractivity (Wildman–Crippen MR) is 67.7 cm³/mol. The number of rotatable bonds is 4. The van der Waals surface area contributed by atoms with E-state index in [1.54, 1.807) is 0 Å². The molecule has 1 fully saturated rings. The summed E-state index contributed by atoms with van der Waals surface area (Å²) in [5, 5.41) is 13.5. The number of hydrogen-bond acceptors (Lipinski definition) is 2. The van der Waals surface area contributed by atoms with Crippen LogP contribution in [-0.2, 0) is 6.42 Å². The zero-order chi connectivity index (χ0) is 11.4. The molecule has 1 aliphatic carbocycles. The topological polar surface area (TPSA) is 32.3 Å². The Balaban J connectivity index is 1.89. The molecular weight excluding hydrogens is 198 g/mol. The van der Waals surface area contributed by atoms with Crippen LogP contribution in [-0.4, -0.2) is 17.3 Å². The van der Waals surface area contributed by atoms with Crippen LogP contribution in [0.1, 0.15) is 38.2 Å². The Labute approximate surface area is 97.7 Å². The Morgan fingerprint density at radius 1 is 1.19 bits per heavy atom. The van der Waals surface area contributed by atoms with E-state index in [4.69, 9.17) is 0 Å². The van der Waals surface area contributed by atoms with Crippen molar-refractivity contribution < 1.29 is 5.11 Å². The maximum Gasteiger partial charge on any atom is 0.0819 e. The molecule has 0 heterocycles. The highest BCUT2D eigenvalue weighted by Gasteiger charge is 2.30. The fourth-order valence-electron chi connectivity index (χ4n) is 2.33. The minimum absolute atomic E-state index is 0.469. The number of aryl methyl sites for hydroxylation is 1. The highest BCUT2D eigenvalue weighted by molar-refractivity contribution is 5.44. The van der Waals surface area contributed by atoms with Crippen molar-refractivity contribution in [2.75, 3.05) is 11.9 Å². The first-order chi connectivity index (χ1) is 7.72. The van der Waals surface area contributed by atoms with Crippen molar-refractivity contribution in [2.45, 2.75) is 44.6 Å². The van der Waals surface area contributed by atoms with Crippen LogP contribution in [0.3, 0.4) is 0 Å². The number of hydrogen-bond donors (Lipinski definition) is 2. The first-order valence-corrected chi connectivity index (χ1v) is 6.27. The van der Waals surface area contributed by atoms with Crippen LogP contribution in [0, 0.1) is 0 Å². The van der Waals surface area contributed by atoms with Gasteiger partial charge in [-0.25, -0.2) is 0 Å². The SMILES string of the molecule is CCc1ccc(NCC2(O)CCCC2)cc1. The van der Waals surface area contributed by atoms with Gasteiger partial charge in [-0.3, -0.25) is 0 Å². The summed E-state index contributed by atoms with van der Waals surface area (Å²) in [6, 6.07) is 8.47. The number of aliphatic hydroxyl groups is 1. The fourth-order valence-corrected chi connectivity index (χ4v) is 2.33. The van der Waals surface area contributed by atoms with E-state index in [1.807, 2.05) is 0 Å². The number of nitrogens with one attached hydrogen (secondary N) is 1. The lowest BCUT2D eigenvalue weighted by Gasteiger charge is -2.23. The van der Waals surface area contributed by atoms with Crippen molar-refractivity contribution in [3.63, 3.8) is 0 Å². The van der Waals surface area contributed by atoms with Crippen molar-refractivity contribution in [3.8, 4) is 0 Å². The zero-order valence-electron chi connectivity index (χ0n) is 10.00. The first-order valence-electron chi connectivity index (χ1n) is 6.27. The van der Waals surface area contributed by atoms with Gasteiger partial charge in [0.2, 0.25) is 0 Å². The molecule has 2 nitrogen and oxygen atoms in total. The molecule has 2 rings (SSSR count). The minimum Gasteiger partial charge on any atom is -0.388 e. The van der Waals surface area contributed by atoms with Gasteiger partial charge in [-0.1, -0.05) is 31.9 Å². The molecule has 16 heavy (non-hydrogen) atoms. The third-order valence-electron chi connectivity index (χ3n) is 3.52. The third-order valence-corrected chi connectivity index (χ3v) is 3.52. The molecule has 0 atom stereocenters. The molecule has 2 heteroatoms. The molecule has 0 unspecified atom stereocenters. The summed E-state index contributed by atoms with van der Waals surface area (Å²) in [5.74, 6) is 0. The largest absolute Gasteiger partial charge is 0.388 e. The highest BCUT2D eigenvalue weighted by Crippen LogP contribution is 2.29. The van der Waals surface area contributed by atoms with E-state index in [2.05, 4.69) is 36.5 Å². The Hall–Kier alpha value is -1.02. The van der Waals surface area contributed by atoms with Crippen LogP contribution in [0.25, 0.3) is 0 Å². The highest BCUT2D eigenvalue weighted by atomic mass is 16.3. The van der Waals surface area contributed by atoms with E-state index < -0.39 is 5.60 Å². The van der Waals surface area contributed by atoms with E-state index >= 15 is 0 Å². The molecule has 1 aliphatic rings. The molecule has 0 aromatic heterocycles. The van der Waals surface area contributed by atoms with E-state index in [1.165, 1.54) is 5.56 Å². The second-order valence-electron chi connectivity index (χ2n) is 4.84. The Morgan fingerprint density at radius 2 is 1.81 bits per heavy atom. The van der Waals surface area contributed by atoms with Gasteiger partial charge in [0.15, 0.2) is 0 Å². The average Bonchev–Trinajstić information content (AvgIpc) is 2.75. The van der Waals surface area contributed by atoms with Crippen molar-refractivity contribution in [2.24, 2.45) is 0 Å². The summed E-state index contributed by atoms with van der Waals surface area (Å²) in [6.45, 7) is 2.84. The van der Waals surface area contributed by atoms with Gasteiger partial charge in [0, 0.05) is 12.2 Å². The Morgan fingerprint density at radius 3 is 2.38 bits per heavy atom. The van der Waals surface area contributed by atoms with Crippen molar-refractivity contribution in [1.29, 1.82) is 0 Å². The average molecular weight is 219 g/mol. The van der Waals surface area contributed by atoms with Crippen molar-refractivity contribution in [1.82, 2.24) is 0 Å². The summed E-state index contributed by atoms with van der Waals surface area (Å²) in [7, 11) is 0. The molecular formula is C14H21NO. The Bertz CT molecular complexity index is 325. The second kappa shape index (κ2) is 4.88. The minimum atomic E-state index is -0.469. The van der Waals surface area contributed by atoms with E-state index in [0.29, 0.717) is 6.54 Å². The summed E-state index contributed by atoms with van der Waals surface area (Å²) in [4.78, 5) is 0. The van der Waals surface area contributed by atoms with Crippen molar-refractivity contribution in [3.05, 3.63) is 29.8 Å². The summed E-state index contributed by atoms with van der Waals surface area (Å²) in [5.41, 5.74) is 1.99. The molecule has 1 saturated carbocycles. The molecule has 2 N–H and O–H groups in total. The van der Waals surface area contributed by atoms with Gasteiger partial charge in [0.25, 0.3) is 0 Å². The molecule has 1 aromatic carbocycles. The molecule has 0 amide bonds. The maximum atomic E-state index is 10.2. The summed E-state index contributed by atoms with van der Waals surface area (Å²) < 4.78 is 0. The van der Waals surface area contributed by atoms with Crippen LogP contribution in [0.15, 0.2) is 24.3 Å². The monoisotopic (exact) mass is 219 g/mol. The maximum absolute atomic E-state index is 10.2. The lowest BCUT2D eigenvalue weighted by atomic mass is 10.0. The zero-order valence-corrected chi connectivity index (χ0v) is 10.00. The van der Waals surface area contributed by atoms with Gasteiger partial charge < -0.3 is 10.4 Å². The number of anilines is 1. The van der Waals surface area contributed by atoms with E-state index in [-0.39, 0.29) is 0 Å². The lowest BCUT2D eigenvalue weighted by Crippen LogP contribution is -2.33. The molecule has 0 aliphatic heterocycles. The van der Waals surface area contributed by atoms with Gasteiger partial charge in [-0.05, 0) is 37.0 Å². The quantitative estimate of drug-likeness (QED) is 0.816. The van der Waals surface area contributed by atoms with Gasteiger partial charge in [0.1, 0.15) is 0 Å². The first kappa shape index (κ1) is 11.5. The number of benzene rings is 1. The summed E-state index contributed by atoms with van der Waals surface area (Å²) >= 11 is 0. The van der Waals surface area contributed by atoms with Gasteiger partial charge >= 0.3 is 0 Å². The third kappa shape index (κ3) is 2.76. The lowest BCUT2D eigenvalue weighted by molar-refractivity contribution is 0.0615. The molecule has 0 radical (unpaired) electrons. The molecule has 0 spiro atoms. The van der Waals surface area contributed by atoms with E-state index in [0.717, 1.165) is 37.8 Å². The van der Waals surface area contributed by atoms with Crippen molar-refractivity contribution >= 4 is 5.69 Å². The molecule has 0 bridgehead atoms. The van der Waals surface area contributed by atoms with E-state index in [9.17, 15) is 5.11 Å². The van der Waals surface area contributed by atoms with Gasteiger partial charge in [-0.15, -0.1) is 0 Å². The normalized spacial score (nSPS) is 18.6. The van der Waals surface area contributed by atoms with Gasteiger partial charge in [-0.2, -0.15) is 0 Å². The predicted octanol–water partition coefficient (Wildman–Crippen LogP) is 2.97. The summed E-state index contributed by atoms with van der Waals surface area (Å²) in [6.07, 6.45) is 5.27. The van der Waals surface area contributed by atoms with Gasteiger partial charge in [0.05, 0.1) is 5.60 Å². The standard InChI is InChI=1S/C14H21NO/c1-2-12-5-7-13(8-6-12)15-11-14(16)9-3-4-10-14/h5-8,15-16H,2-4,9-11H2,1H3. The molecule has 1 aromatic rings.